The minimum Gasteiger partial charge on any atom is -1.00 e. The van der Waals surface area contributed by atoms with Gasteiger partial charge in [0.05, 0.1) is 20.6 Å². The zero-order chi connectivity index (χ0) is 10.2. The Labute approximate surface area is 95.3 Å². The first-order chi connectivity index (χ1) is 6.12. The average molecular weight is 224 g/mol. The number of hydrogen-bond acceptors (Lipinski definition) is 1. The van der Waals surface area contributed by atoms with Crippen LogP contribution in [0.5, 0.6) is 0 Å². The third kappa shape index (κ3) is 10.3. The number of rotatable bonds is 8. The van der Waals surface area contributed by atoms with Crippen LogP contribution in [-0.2, 0) is 0 Å². The van der Waals surface area contributed by atoms with Crippen molar-refractivity contribution in [3.8, 4) is 0 Å². The van der Waals surface area contributed by atoms with Crippen LogP contribution < -0.4 is 12.4 Å². The third-order valence-electron chi connectivity index (χ3n) is 2.50. The molecule has 0 aliphatic rings. The number of aliphatic hydroxyl groups excluding tert-OH is 1. The zero-order valence-corrected chi connectivity index (χ0v) is 10.7. The highest BCUT2D eigenvalue weighted by molar-refractivity contribution is 4.43. The van der Waals surface area contributed by atoms with Crippen molar-refractivity contribution in [3.63, 3.8) is 0 Å². The average Bonchev–Trinajstić information content (AvgIpc) is 2.11. The molecule has 2 nitrogen and oxygen atoms in total. The first-order valence-corrected chi connectivity index (χ1v) is 5.55. The first kappa shape index (κ1) is 16.6. The molecule has 88 valence electrons. The topological polar surface area (TPSA) is 20.2 Å². The highest BCUT2D eigenvalue weighted by atomic mass is 35.5. The van der Waals surface area contributed by atoms with E-state index in [0.717, 1.165) is 11.0 Å². The maximum Gasteiger partial charge on any atom is 0.179 e. The van der Waals surface area contributed by atoms with E-state index in [1.807, 2.05) is 0 Å². The molecule has 0 bridgehead atoms. The van der Waals surface area contributed by atoms with Crippen LogP contribution >= 0.6 is 0 Å². The molecule has 0 aromatic carbocycles. The molecule has 0 heterocycles. The van der Waals surface area contributed by atoms with Crippen LogP contribution in [0.1, 0.15) is 45.4 Å². The molecular weight excluding hydrogens is 198 g/mol. The fourth-order valence-corrected chi connectivity index (χ4v) is 1.39. The van der Waals surface area contributed by atoms with Gasteiger partial charge in [-0.25, -0.2) is 0 Å². The summed E-state index contributed by atoms with van der Waals surface area (Å²) in [6, 6.07) is 0. The molecule has 0 fully saturated rings. The molecule has 0 radical (unpaired) electrons. The molecule has 0 rings (SSSR count). The summed E-state index contributed by atoms with van der Waals surface area (Å²) in [5.41, 5.74) is 0. The summed E-state index contributed by atoms with van der Waals surface area (Å²) < 4.78 is 0.744. The summed E-state index contributed by atoms with van der Waals surface area (Å²) in [6.45, 7) is 3.60. The second kappa shape index (κ2) is 9.75. The molecule has 0 aromatic heterocycles. The minimum atomic E-state index is 0. The number of quaternary nitrogens is 1. The van der Waals surface area contributed by atoms with Crippen molar-refractivity contribution >= 4 is 0 Å². The molecule has 0 saturated heterocycles. The lowest BCUT2D eigenvalue weighted by Gasteiger charge is -2.26. The lowest BCUT2D eigenvalue weighted by Crippen LogP contribution is -3.00. The van der Waals surface area contributed by atoms with E-state index in [9.17, 15) is 0 Å². The Kier molecular flexibility index (Phi) is 11.6. The lowest BCUT2D eigenvalue weighted by atomic mass is 10.1. The predicted molar refractivity (Wildman–Crippen MR) is 57.4 cm³/mol. The van der Waals surface area contributed by atoms with Gasteiger partial charge in [-0.1, -0.05) is 32.6 Å². The molecule has 0 spiro atoms. The minimum absolute atomic E-state index is 0. The summed E-state index contributed by atoms with van der Waals surface area (Å²) >= 11 is 0. The van der Waals surface area contributed by atoms with Crippen LogP contribution in [0.3, 0.4) is 0 Å². The smallest absolute Gasteiger partial charge is 0.179 e. The van der Waals surface area contributed by atoms with Crippen molar-refractivity contribution in [2.24, 2.45) is 0 Å². The normalized spacial score (nSPS) is 11.1. The molecule has 1 N–H and O–H groups in total. The molecule has 0 amide bonds. The van der Waals surface area contributed by atoms with Gasteiger partial charge in [0.1, 0.15) is 0 Å². The Morgan fingerprint density at radius 3 is 1.93 bits per heavy atom. The van der Waals surface area contributed by atoms with Crippen LogP contribution in [0, 0.1) is 0 Å². The number of nitrogens with zero attached hydrogens (tertiary/aromatic N) is 1. The molecule has 0 atom stereocenters. The number of unbranched alkanes of at least 4 members (excludes halogenated alkanes) is 5. The van der Waals surface area contributed by atoms with E-state index in [-0.39, 0.29) is 19.1 Å². The Morgan fingerprint density at radius 2 is 1.43 bits per heavy atom. The predicted octanol–water partition coefficient (Wildman–Crippen LogP) is -0.623. The molecular formula is C11H26ClNO. The van der Waals surface area contributed by atoms with Crippen molar-refractivity contribution in [3.05, 3.63) is 0 Å². The van der Waals surface area contributed by atoms with E-state index < -0.39 is 0 Å². The van der Waals surface area contributed by atoms with Gasteiger partial charge in [-0.15, -0.1) is 0 Å². The summed E-state index contributed by atoms with van der Waals surface area (Å²) in [5.74, 6) is 0. The van der Waals surface area contributed by atoms with E-state index in [1.54, 1.807) is 0 Å². The largest absolute Gasteiger partial charge is 1.00 e. The van der Waals surface area contributed by atoms with Gasteiger partial charge < -0.3 is 22.0 Å². The van der Waals surface area contributed by atoms with E-state index in [0.29, 0.717) is 0 Å². The van der Waals surface area contributed by atoms with Crippen LogP contribution in [0.4, 0.5) is 0 Å². The molecule has 0 unspecified atom stereocenters. The summed E-state index contributed by atoms with van der Waals surface area (Å²) in [4.78, 5) is 0. The van der Waals surface area contributed by atoms with E-state index in [4.69, 9.17) is 5.11 Å². The van der Waals surface area contributed by atoms with E-state index in [2.05, 4.69) is 21.0 Å². The molecule has 14 heavy (non-hydrogen) atoms. The fourth-order valence-electron chi connectivity index (χ4n) is 1.39. The Bertz CT molecular complexity index is 118. The molecule has 0 aliphatic carbocycles. The van der Waals surface area contributed by atoms with E-state index >= 15 is 0 Å². The molecule has 0 saturated carbocycles. The van der Waals surface area contributed by atoms with Crippen molar-refractivity contribution < 1.29 is 22.0 Å². The summed E-state index contributed by atoms with van der Waals surface area (Å²) in [5, 5.41) is 9.01. The molecule has 0 aliphatic heterocycles. The van der Waals surface area contributed by atoms with Gasteiger partial charge in [0.2, 0.25) is 0 Å². The summed E-state index contributed by atoms with van der Waals surface area (Å²) in [7, 11) is 4.15. The summed E-state index contributed by atoms with van der Waals surface area (Å²) in [6.07, 6.45) is 8.00. The highest BCUT2D eigenvalue weighted by Gasteiger charge is 2.11. The van der Waals surface area contributed by atoms with Gasteiger partial charge in [-0.05, 0) is 12.8 Å². The maximum atomic E-state index is 9.01. The zero-order valence-electron chi connectivity index (χ0n) is 9.93. The van der Waals surface area contributed by atoms with Gasteiger partial charge in [-0.2, -0.15) is 0 Å². The van der Waals surface area contributed by atoms with Crippen LogP contribution in [0.15, 0.2) is 0 Å². The van der Waals surface area contributed by atoms with Crippen molar-refractivity contribution in [2.75, 3.05) is 27.4 Å². The number of halogens is 1. The van der Waals surface area contributed by atoms with Crippen LogP contribution in [0.25, 0.3) is 0 Å². The van der Waals surface area contributed by atoms with Gasteiger partial charge in [0, 0.05) is 0 Å². The van der Waals surface area contributed by atoms with E-state index in [1.165, 1.54) is 38.5 Å². The second-order valence-electron chi connectivity index (χ2n) is 4.57. The van der Waals surface area contributed by atoms with Crippen molar-refractivity contribution in [2.45, 2.75) is 45.4 Å². The standard InChI is InChI=1S/C11H26NO.ClH/c1-4-5-6-7-8-9-10-12(2,3)11-13;/h13H,4-11H2,1-3H3;1H/q+1;/p-1. The third-order valence-corrected chi connectivity index (χ3v) is 2.50. The van der Waals surface area contributed by atoms with Crippen molar-refractivity contribution in [1.82, 2.24) is 0 Å². The molecule has 3 heteroatoms. The SMILES string of the molecule is CCCCCCCC[N+](C)(C)CO.[Cl-]. The quantitative estimate of drug-likeness (QED) is 0.330. The number of aliphatic hydroxyl groups is 1. The highest BCUT2D eigenvalue weighted by Crippen LogP contribution is 2.07. The second-order valence-corrected chi connectivity index (χ2v) is 4.57. The first-order valence-electron chi connectivity index (χ1n) is 5.55. The maximum absolute atomic E-state index is 9.01. The fraction of sp³-hybridized carbons (Fsp3) is 1.00. The van der Waals surface area contributed by atoms with Gasteiger partial charge >= 0.3 is 0 Å². The Hall–Kier alpha value is 0.210. The lowest BCUT2D eigenvalue weighted by molar-refractivity contribution is -0.909. The van der Waals surface area contributed by atoms with Crippen molar-refractivity contribution in [1.29, 1.82) is 0 Å². The van der Waals surface area contributed by atoms with Gasteiger partial charge in [0.25, 0.3) is 0 Å². The number of hydrogen-bond donors (Lipinski definition) is 1. The van der Waals surface area contributed by atoms with Crippen LogP contribution in [-0.4, -0.2) is 37.0 Å². The van der Waals surface area contributed by atoms with Crippen LogP contribution in [0.2, 0.25) is 0 Å². The molecule has 0 aromatic rings. The monoisotopic (exact) mass is 223 g/mol. The van der Waals surface area contributed by atoms with Gasteiger partial charge in [0.15, 0.2) is 6.73 Å². The Balaban J connectivity index is 0. The Morgan fingerprint density at radius 1 is 0.929 bits per heavy atom. The van der Waals surface area contributed by atoms with Gasteiger partial charge in [-0.3, -0.25) is 0 Å².